The first kappa shape index (κ1) is 11.4. The normalized spacial score (nSPS) is 31.2. The molecule has 0 aromatic rings. The number of nitrogens with zero attached hydrogens (tertiary/aromatic N) is 2. The van der Waals surface area contributed by atoms with Gasteiger partial charge in [0.15, 0.2) is 0 Å². The SMILES string of the molecule is CC(CN1CCC(CN)C1)N1CCCC1. The first-order valence-corrected chi connectivity index (χ1v) is 6.46. The second-order valence-corrected chi connectivity index (χ2v) is 5.24. The Kier molecular flexibility index (Phi) is 4.00. The predicted octanol–water partition coefficient (Wildman–Crippen LogP) is 0.751. The van der Waals surface area contributed by atoms with E-state index >= 15 is 0 Å². The average molecular weight is 211 g/mol. The van der Waals surface area contributed by atoms with E-state index in [1.807, 2.05) is 0 Å². The third kappa shape index (κ3) is 2.92. The largest absolute Gasteiger partial charge is 0.330 e. The lowest BCUT2D eigenvalue weighted by Crippen LogP contribution is -2.40. The zero-order valence-electron chi connectivity index (χ0n) is 9.99. The van der Waals surface area contributed by atoms with E-state index in [1.54, 1.807) is 0 Å². The molecule has 0 aromatic carbocycles. The molecule has 2 rings (SSSR count). The number of likely N-dealkylation sites (tertiary alicyclic amines) is 2. The monoisotopic (exact) mass is 211 g/mol. The van der Waals surface area contributed by atoms with Crippen LogP contribution in [0, 0.1) is 5.92 Å². The number of nitrogens with two attached hydrogens (primary N) is 1. The fourth-order valence-electron chi connectivity index (χ4n) is 2.94. The van der Waals surface area contributed by atoms with Crippen LogP contribution in [0.15, 0.2) is 0 Å². The summed E-state index contributed by atoms with van der Waals surface area (Å²) < 4.78 is 0. The van der Waals surface area contributed by atoms with Crippen LogP contribution in [-0.4, -0.2) is 55.1 Å². The molecule has 0 aromatic heterocycles. The van der Waals surface area contributed by atoms with Crippen molar-refractivity contribution in [3.05, 3.63) is 0 Å². The fourth-order valence-corrected chi connectivity index (χ4v) is 2.94. The zero-order chi connectivity index (χ0) is 10.7. The van der Waals surface area contributed by atoms with Gasteiger partial charge in [-0.2, -0.15) is 0 Å². The molecule has 88 valence electrons. The molecule has 2 atom stereocenters. The van der Waals surface area contributed by atoms with Gasteiger partial charge in [-0.25, -0.2) is 0 Å². The standard InChI is InChI=1S/C12H25N3/c1-11(15-5-2-3-6-15)9-14-7-4-12(8-13)10-14/h11-12H,2-10,13H2,1H3. The van der Waals surface area contributed by atoms with E-state index in [-0.39, 0.29) is 0 Å². The van der Waals surface area contributed by atoms with Gasteiger partial charge >= 0.3 is 0 Å². The highest BCUT2D eigenvalue weighted by Gasteiger charge is 2.25. The Balaban J connectivity index is 1.72. The van der Waals surface area contributed by atoms with Crippen molar-refractivity contribution >= 4 is 0 Å². The molecule has 0 spiro atoms. The minimum atomic E-state index is 0.740. The summed E-state index contributed by atoms with van der Waals surface area (Å²) in [7, 11) is 0. The van der Waals surface area contributed by atoms with Gasteiger partial charge in [-0.3, -0.25) is 4.90 Å². The van der Waals surface area contributed by atoms with E-state index in [0.717, 1.165) is 18.5 Å². The Labute approximate surface area is 93.6 Å². The highest BCUT2D eigenvalue weighted by Crippen LogP contribution is 2.18. The van der Waals surface area contributed by atoms with E-state index in [2.05, 4.69) is 16.7 Å². The molecule has 2 heterocycles. The molecule has 2 aliphatic heterocycles. The first-order valence-electron chi connectivity index (χ1n) is 6.46. The Bertz CT molecular complexity index is 189. The summed E-state index contributed by atoms with van der Waals surface area (Å²) in [5, 5.41) is 0. The molecule has 3 nitrogen and oxygen atoms in total. The van der Waals surface area contributed by atoms with Crippen LogP contribution in [0.25, 0.3) is 0 Å². The quantitative estimate of drug-likeness (QED) is 0.745. The van der Waals surface area contributed by atoms with Crippen LogP contribution < -0.4 is 5.73 Å². The maximum Gasteiger partial charge on any atom is 0.0194 e. The number of hydrogen-bond acceptors (Lipinski definition) is 3. The van der Waals surface area contributed by atoms with E-state index < -0.39 is 0 Å². The van der Waals surface area contributed by atoms with E-state index in [0.29, 0.717) is 0 Å². The lowest BCUT2D eigenvalue weighted by molar-refractivity contribution is 0.189. The Morgan fingerprint density at radius 2 is 2.00 bits per heavy atom. The summed E-state index contributed by atoms with van der Waals surface area (Å²) in [6.07, 6.45) is 4.11. The molecule has 0 amide bonds. The summed E-state index contributed by atoms with van der Waals surface area (Å²) >= 11 is 0. The van der Waals surface area contributed by atoms with Gasteiger partial charge in [-0.15, -0.1) is 0 Å². The maximum atomic E-state index is 5.71. The van der Waals surface area contributed by atoms with Crippen LogP contribution in [0.2, 0.25) is 0 Å². The van der Waals surface area contributed by atoms with Crippen LogP contribution in [0.5, 0.6) is 0 Å². The van der Waals surface area contributed by atoms with Crippen molar-refractivity contribution in [3.63, 3.8) is 0 Å². The minimum Gasteiger partial charge on any atom is -0.330 e. The predicted molar refractivity (Wildman–Crippen MR) is 63.9 cm³/mol. The molecule has 0 bridgehead atoms. The number of rotatable bonds is 4. The van der Waals surface area contributed by atoms with E-state index in [9.17, 15) is 0 Å². The lowest BCUT2D eigenvalue weighted by Gasteiger charge is -2.28. The van der Waals surface area contributed by atoms with Crippen LogP contribution in [-0.2, 0) is 0 Å². The van der Waals surface area contributed by atoms with Crippen molar-refractivity contribution < 1.29 is 0 Å². The second kappa shape index (κ2) is 5.28. The molecule has 15 heavy (non-hydrogen) atoms. The Morgan fingerprint density at radius 3 is 2.60 bits per heavy atom. The lowest BCUT2D eigenvalue weighted by atomic mass is 10.1. The molecule has 2 saturated heterocycles. The van der Waals surface area contributed by atoms with Crippen molar-refractivity contribution in [2.45, 2.75) is 32.2 Å². The number of hydrogen-bond donors (Lipinski definition) is 1. The van der Waals surface area contributed by atoms with Crippen molar-refractivity contribution in [1.82, 2.24) is 9.80 Å². The second-order valence-electron chi connectivity index (χ2n) is 5.24. The van der Waals surface area contributed by atoms with Gasteiger partial charge in [-0.1, -0.05) is 0 Å². The van der Waals surface area contributed by atoms with Crippen molar-refractivity contribution in [1.29, 1.82) is 0 Å². The van der Waals surface area contributed by atoms with Gasteiger partial charge in [0.1, 0.15) is 0 Å². The van der Waals surface area contributed by atoms with E-state index in [4.69, 9.17) is 5.73 Å². The van der Waals surface area contributed by atoms with Crippen LogP contribution in [0.4, 0.5) is 0 Å². The van der Waals surface area contributed by atoms with Crippen molar-refractivity contribution in [2.75, 3.05) is 39.3 Å². The third-order valence-electron chi connectivity index (χ3n) is 3.99. The fraction of sp³-hybridized carbons (Fsp3) is 1.00. The molecule has 2 N–H and O–H groups in total. The van der Waals surface area contributed by atoms with E-state index in [1.165, 1.54) is 52.0 Å². The summed E-state index contributed by atoms with van der Waals surface area (Å²) in [5.74, 6) is 0.760. The van der Waals surface area contributed by atoms with Crippen LogP contribution in [0.3, 0.4) is 0 Å². The molecule has 0 aliphatic carbocycles. The zero-order valence-corrected chi connectivity index (χ0v) is 9.99. The minimum absolute atomic E-state index is 0.740. The molecule has 0 saturated carbocycles. The molecule has 0 radical (unpaired) electrons. The van der Waals surface area contributed by atoms with Gasteiger partial charge < -0.3 is 10.6 Å². The molecule has 3 heteroatoms. The Hall–Kier alpha value is -0.120. The highest BCUT2D eigenvalue weighted by molar-refractivity contribution is 4.81. The average Bonchev–Trinajstić information content (AvgIpc) is 2.87. The summed E-state index contributed by atoms with van der Waals surface area (Å²) in [6, 6.07) is 0.740. The topological polar surface area (TPSA) is 32.5 Å². The summed E-state index contributed by atoms with van der Waals surface area (Å²) in [4.78, 5) is 5.23. The maximum absolute atomic E-state index is 5.71. The molecular formula is C12H25N3. The summed E-state index contributed by atoms with van der Waals surface area (Å²) in [6.45, 7) is 9.62. The molecular weight excluding hydrogens is 186 g/mol. The van der Waals surface area contributed by atoms with Gasteiger partial charge in [-0.05, 0) is 58.3 Å². The summed E-state index contributed by atoms with van der Waals surface area (Å²) in [5.41, 5.74) is 5.71. The highest BCUT2D eigenvalue weighted by atomic mass is 15.2. The van der Waals surface area contributed by atoms with Gasteiger partial charge in [0.05, 0.1) is 0 Å². The van der Waals surface area contributed by atoms with Crippen LogP contribution in [0.1, 0.15) is 26.2 Å². The third-order valence-corrected chi connectivity index (χ3v) is 3.99. The van der Waals surface area contributed by atoms with Gasteiger partial charge in [0, 0.05) is 19.1 Å². The van der Waals surface area contributed by atoms with Crippen molar-refractivity contribution in [3.8, 4) is 0 Å². The smallest absolute Gasteiger partial charge is 0.0194 e. The van der Waals surface area contributed by atoms with Crippen molar-refractivity contribution in [2.24, 2.45) is 11.7 Å². The molecule has 2 unspecified atom stereocenters. The van der Waals surface area contributed by atoms with Gasteiger partial charge in [0.25, 0.3) is 0 Å². The molecule has 2 fully saturated rings. The van der Waals surface area contributed by atoms with Gasteiger partial charge in [0.2, 0.25) is 0 Å². The Morgan fingerprint density at radius 1 is 1.27 bits per heavy atom. The molecule has 2 aliphatic rings. The van der Waals surface area contributed by atoms with Crippen LogP contribution >= 0.6 is 0 Å². The first-order chi connectivity index (χ1) is 7.29.